The van der Waals surface area contributed by atoms with Gasteiger partial charge in [-0.15, -0.1) is 0 Å². The Balaban J connectivity index is 1.76. The van der Waals surface area contributed by atoms with E-state index in [4.69, 9.17) is 13.7 Å². The van der Waals surface area contributed by atoms with E-state index < -0.39 is 17.5 Å². The zero-order valence-corrected chi connectivity index (χ0v) is 13.4. The number of rotatable bonds is 3. The van der Waals surface area contributed by atoms with Gasteiger partial charge in [0.1, 0.15) is 5.60 Å². The highest BCUT2D eigenvalue weighted by Gasteiger charge is 2.18. The molecule has 0 bridgehead atoms. The van der Waals surface area contributed by atoms with Crippen molar-refractivity contribution in [2.45, 2.75) is 32.9 Å². The molecular formula is C15H16N4O5. The van der Waals surface area contributed by atoms with Crippen LogP contribution in [-0.4, -0.2) is 26.8 Å². The molecule has 0 aliphatic rings. The molecule has 0 saturated heterocycles. The molecule has 2 N–H and O–H groups in total. The molecule has 2 aromatic heterocycles. The maximum Gasteiger partial charge on any atom is 0.417 e. The van der Waals surface area contributed by atoms with Crippen molar-refractivity contribution in [1.82, 2.24) is 20.4 Å². The number of alkyl carbamates (subject to hydrolysis) is 1. The van der Waals surface area contributed by atoms with Crippen molar-refractivity contribution < 1.29 is 18.5 Å². The summed E-state index contributed by atoms with van der Waals surface area (Å²) < 4.78 is 15.3. The average Bonchev–Trinajstić information content (AvgIpc) is 3.08. The van der Waals surface area contributed by atoms with Crippen LogP contribution < -0.4 is 11.1 Å². The first-order chi connectivity index (χ1) is 11.3. The smallest absolute Gasteiger partial charge is 0.417 e. The summed E-state index contributed by atoms with van der Waals surface area (Å²) in [6, 6.07) is 5.07. The van der Waals surface area contributed by atoms with Crippen molar-refractivity contribution >= 4 is 17.2 Å². The minimum Gasteiger partial charge on any atom is -0.444 e. The van der Waals surface area contributed by atoms with Crippen LogP contribution in [0.2, 0.25) is 0 Å². The standard InChI is InChI=1S/C15H16N4O5/c1-15(2,3)23-13(20)16-7-10-17-12(24-19-10)8-5-4-6-9-11(8)18-14(21)22-9/h4-6H,7H2,1-3H3,(H,16,20)(H,18,21). The summed E-state index contributed by atoms with van der Waals surface area (Å²) in [6.07, 6.45) is -0.574. The van der Waals surface area contributed by atoms with Gasteiger partial charge < -0.3 is 19.0 Å². The molecule has 0 atom stereocenters. The number of H-pyrrole nitrogens is 1. The first-order valence-corrected chi connectivity index (χ1v) is 7.23. The van der Waals surface area contributed by atoms with E-state index in [1.165, 1.54) is 0 Å². The van der Waals surface area contributed by atoms with Crippen LogP contribution in [0.5, 0.6) is 0 Å². The second kappa shape index (κ2) is 5.84. The number of oxazole rings is 1. The van der Waals surface area contributed by atoms with Crippen LogP contribution in [0.3, 0.4) is 0 Å². The molecule has 0 unspecified atom stereocenters. The van der Waals surface area contributed by atoms with Crippen LogP contribution in [0.15, 0.2) is 31.9 Å². The van der Waals surface area contributed by atoms with Crippen LogP contribution in [0.25, 0.3) is 22.6 Å². The zero-order chi connectivity index (χ0) is 17.3. The van der Waals surface area contributed by atoms with Crippen molar-refractivity contribution in [3.8, 4) is 11.5 Å². The molecule has 0 saturated carbocycles. The monoisotopic (exact) mass is 332 g/mol. The fourth-order valence-corrected chi connectivity index (χ4v) is 2.05. The Labute approximate surface area is 136 Å². The maximum absolute atomic E-state index is 11.6. The number of nitrogens with zero attached hydrogens (tertiary/aromatic N) is 2. The second-order valence-electron chi connectivity index (χ2n) is 6.06. The lowest BCUT2D eigenvalue weighted by molar-refractivity contribution is 0.0522. The molecule has 1 aromatic carbocycles. The number of nitrogens with one attached hydrogen (secondary N) is 2. The first kappa shape index (κ1) is 15.8. The summed E-state index contributed by atoms with van der Waals surface area (Å²) in [5, 5.41) is 6.33. The van der Waals surface area contributed by atoms with Gasteiger partial charge in [-0.3, -0.25) is 4.98 Å². The molecule has 2 heterocycles. The van der Waals surface area contributed by atoms with Crippen LogP contribution in [0.1, 0.15) is 26.6 Å². The molecule has 3 rings (SSSR count). The van der Waals surface area contributed by atoms with Crippen LogP contribution >= 0.6 is 0 Å². The molecule has 24 heavy (non-hydrogen) atoms. The molecule has 0 aliphatic carbocycles. The van der Waals surface area contributed by atoms with Crippen molar-refractivity contribution in [3.63, 3.8) is 0 Å². The molecule has 126 valence electrons. The number of carbonyl (C=O) groups is 1. The highest BCUT2D eigenvalue weighted by Crippen LogP contribution is 2.25. The summed E-state index contributed by atoms with van der Waals surface area (Å²) >= 11 is 0. The number of aromatic nitrogens is 3. The number of carbonyl (C=O) groups excluding carboxylic acids is 1. The molecule has 9 heteroatoms. The SMILES string of the molecule is CC(C)(C)OC(=O)NCc1noc(-c2cccc3oc(=O)[nH]c23)n1. The molecule has 0 aliphatic heterocycles. The van der Waals surface area contributed by atoms with Gasteiger partial charge >= 0.3 is 11.8 Å². The minimum absolute atomic E-state index is 0.0519. The van der Waals surface area contributed by atoms with Gasteiger partial charge in [0, 0.05) is 0 Å². The fourth-order valence-electron chi connectivity index (χ4n) is 2.05. The van der Waals surface area contributed by atoms with Crippen LogP contribution in [-0.2, 0) is 11.3 Å². The zero-order valence-electron chi connectivity index (χ0n) is 13.4. The predicted octanol–water partition coefficient (Wildman–Crippen LogP) is 2.20. The summed E-state index contributed by atoms with van der Waals surface area (Å²) in [5.74, 6) is -0.0823. The number of aromatic amines is 1. The van der Waals surface area contributed by atoms with Gasteiger partial charge in [0.25, 0.3) is 5.89 Å². The lowest BCUT2D eigenvalue weighted by Crippen LogP contribution is -2.32. The van der Waals surface area contributed by atoms with E-state index in [0.717, 1.165) is 0 Å². The highest BCUT2D eigenvalue weighted by molar-refractivity contribution is 5.87. The molecule has 0 radical (unpaired) electrons. The second-order valence-corrected chi connectivity index (χ2v) is 6.06. The minimum atomic E-state index is -0.588. The van der Waals surface area contributed by atoms with Gasteiger partial charge in [-0.25, -0.2) is 9.59 Å². The van der Waals surface area contributed by atoms with Crippen LogP contribution in [0.4, 0.5) is 4.79 Å². The Bertz CT molecular complexity index is 931. The summed E-state index contributed by atoms with van der Waals surface area (Å²) in [4.78, 5) is 29.7. The third-order valence-electron chi connectivity index (χ3n) is 2.94. The quantitative estimate of drug-likeness (QED) is 0.753. The Kier molecular flexibility index (Phi) is 3.84. The largest absolute Gasteiger partial charge is 0.444 e. The van der Waals surface area contributed by atoms with Gasteiger partial charge in [-0.1, -0.05) is 11.2 Å². The molecule has 0 spiro atoms. The van der Waals surface area contributed by atoms with E-state index in [2.05, 4.69) is 20.4 Å². The number of hydrogen-bond acceptors (Lipinski definition) is 7. The number of fused-ring (bicyclic) bond motifs is 1. The maximum atomic E-state index is 11.6. The van der Waals surface area contributed by atoms with Gasteiger partial charge in [0.05, 0.1) is 17.6 Å². The Morgan fingerprint density at radius 1 is 1.38 bits per heavy atom. The summed E-state index contributed by atoms with van der Waals surface area (Å²) in [6.45, 7) is 5.36. The third-order valence-corrected chi connectivity index (χ3v) is 2.94. The van der Waals surface area contributed by atoms with E-state index >= 15 is 0 Å². The molecule has 3 aromatic rings. The highest BCUT2D eigenvalue weighted by atomic mass is 16.6. The van der Waals surface area contributed by atoms with Gasteiger partial charge in [-0.05, 0) is 32.9 Å². The molecule has 1 amide bonds. The van der Waals surface area contributed by atoms with Gasteiger partial charge in [-0.2, -0.15) is 4.98 Å². The predicted molar refractivity (Wildman–Crippen MR) is 83.2 cm³/mol. The van der Waals surface area contributed by atoms with Crippen molar-refractivity contribution in [2.75, 3.05) is 0 Å². The summed E-state index contributed by atoms with van der Waals surface area (Å²) in [5.41, 5.74) is 0.811. The Morgan fingerprint density at radius 3 is 2.92 bits per heavy atom. The van der Waals surface area contributed by atoms with E-state index in [-0.39, 0.29) is 18.3 Å². The summed E-state index contributed by atoms with van der Waals surface area (Å²) in [7, 11) is 0. The number of ether oxygens (including phenoxy) is 1. The molecule has 0 fully saturated rings. The lowest BCUT2D eigenvalue weighted by atomic mass is 10.2. The van der Waals surface area contributed by atoms with Crippen LogP contribution in [0, 0.1) is 0 Å². The fraction of sp³-hybridized carbons (Fsp3) is 0.333. The average molecular weight is 332 g/mol. The number of benzene rings is 1. The van der Waals surface area contributed by atoms with Crippen molar-refractivity contribution in [3.05, 3.63) is 34.6 Å². The molecular weight excluding hydrogens is 316 g/mol. The van der Waals surface area contributed by atoms with E-state index in [9.17, 15) is 9.59 Å². The Morgan fingerprint density at radius 2 is 2.17 bits per heavy atom. The first-order valence-electron chi connectivity index (χ1n) is 7.23. The third kappa shape index (κ3) is 3.45. The Hall–Kier alpha value is -3.10. The normalized spacial score (nSPS) is 11.6. The number of para-hydroxylation sites is 1. The van der Waals surface area contributed by atoms with Gasteiger partial charge in [0.2, 0.25) is 0 Å². The lowest BCUT2D eigenvalue weighted by Gasteiger charge is -2.19. The molecule has 9 nitrogen and oxygen atoms in total. The number of hydrogen-bond donors (Lipinski definition) is 2. The van der Waals surface area contributed by atoms with Crippen molar-refractivity contribution in [1.29, 1.82) is 0 Å². The van der Waals surface area contributed by atoms with E-state index in [1.54, 1.807) is 39.0 Å². The van der Waals surface area contributed by atoms with E-state index in [1.807, 2.05) is 0 Å². The van der Waals surface area contributed by atoms with Gasteiger partial charge in [0.15, 0.2) is 11.4 Å². The van der Waals surface area contributed by atoms with Crippen molar-refractivity contribution in [2.24, 2.45) is 0 Å². The topological polar surface area (TPSA) is 123 Å². The van der Waals surface area contributed by atoms with E-state index in [0.29, 0.717) is 16.7 Å². The number of amides is 1.